The first-order chi connectivity index (χ1) is 7.31. The summed E-state index contributed by atoms with van der Waals surface area (Å²) in [7, 11) is 2.35. The van der Waals surface area contributed by atoms with E-state index in [1.54, 1.807) is 0 Å². The van der Waals surface area contributed by atoms with Gasteiger partial charge in [-0.25, -0.2) is 0 Å². The van der Waals surface area contributed by atoms with Gasteiger partial charge in [-0.2, -0.15) is 0 Å². The number of nitrogens with zero attached hydrogens (tertiary/aromatic N) is 1. The van der Waals surface area contributed by atoms with Crippen molar-refractivity contribution in [1.29, 1.82) is 0 Å². The average molecular weight is 210 g/mol. The molecule has 2 heteroatoms. The lowest BCUT2D eigenvalue weighted by molar-refractivity contribution is 0.0818. The van der Waals surface area contributed by atoms with Crippen LogP contribution in [0.5, 0.6) is 0 Å². The molecular formula is C13H26N2. The van der Waals surface area contributed by atoms with E-state index < -0.39 is 0 Å². The summed E-state index contributed by atoms with van der Waals surface area (Å²) in [4.78, 5) is 2.67. The average Bonchev–Trinajstić information content (AvgIpc) is 2.16. The Kier molecular flexibility index (Phi) is 4.04. The van der Waals surface area contributed by atoms with Gasteiger partial charge in [0.15, 0.2) is 0 Å². The minimum atomic E-state index is 0.807. The molecule has 0 aromatic heterocycles. The minimum absolute atomic E-state index is 0.807. The molecule has 2 fully saturated rings. The van der Waals surface area contributed by atoms with Crippen molar-refractivity contribution in [3.63, 3.8) is 0 Å². The van der Waals surface area contributed by atoms with Gasteiger partial charge in [-0.3, -0.25) is 0 Å². The van der Waals surface area contributed by atoms with Crippen LogP contribution in [0.1, 0.15) is 51.9 Å². The van der Waals surface area contributed by atoms with E-state index in [1.807, 2.05) is 0 Å². The van der Waals surface area contributed by atoms with Crippen LogP contribution >= 0.6 is 0 Å². The molecule has 0 saturated heterocycles. The minimum Gasteiger partial charge on any atom is -0.314 e. The molecule has 88 valence electrons. The summed E-state index contributed by atoms with van der Waals surface area (Å²) in [6.07, 6.45) is 9.94. The highest BCUT2D eigenvalue weighted by molar-refractivity contribution is 4.87. The van der Waals surface area contributed by atoms with Crippen LogP contribution < -0.4 is 5.32 Å². The molecule has 2 nitrogen and oxygen atoms in total. The van der Waals surface area contributed by atoms with Crippen molar-refractivity contribution < 1.29 is 0 Å². The third-order valence-electron chi connectivity index (χ3n) is 4.42. The fraction of sp³-hybridized carbons (Fsp3) is 1.00. The van der Waals surface area contributed by atoms with E-state index in [4.69, 9.17) is 0 Å². The third-order valence-corrected chi connectivity index (χ3v) is 4.42. The van der Waals surface area contributed by atoms with Crippen molar-refractivity contribution in [2.75, 3.05) is 13.6 Å². The monoisotopic (exact) mass is 210 g/mol. The molecule has 0 atom stereocenters. The Hall–Kier alpha value is -0.0800. The Morgan fingerprint density at radius 3 is 2.07 bits per heavy atom. The second-order valence-electron chi connectivity index (χ2n) is 5.31. The van der Waals surface area contributed by atoms with E-state index in [-0.39, 0.29) is 0 Å². The summed E-state index contributed by atoms with van der Waals surface area (Å²) in [5, 5.41) is 3.58. The molecule has 0 spiro atoms. The first kappa shape index (κ1) is 11.4. The molecule has 0 radical (unpaired) electrons. The van der Waals surface area contributed by atoms with E-state index in [0.29, 0.717) is 0 Å². The fourth-order valence-electron chi connectivity index (χ4n) is 3.07. The number of hydrogen-bond donors (Lipinski definition) is 1. The maximum atomic E-state index is 3.58. The van der Waals surface area contributed by atoms with Crippen LogP contribution in [0.25, 0.3) is 0 Å². The molecule has 0 amide bonds. The largest absolute Gasteiger partial charge is 0.314 e. The molecule has 0 bridgehead atoms. The van der Waals surface area contributed by atoms with Crippen LogP contribution in [-0.2, 0) is 0 Å². The Morgan fingerprint density at radius 1 is 1.00 bits per heavy atom. The Bertz CT molecular complexity index is 181. The summed E-state index contributed by atoms with van der Waals surface area (Å²) < 4.78 is 0. The summed E-state index contributed by atoms with van der Waals surface area (Å²) in [6.45, 7) is 3.35. The molecular weight excluding hydrogens is 184 g/mol. The van der Waals surface area contributed by atoms with Gasteiger partial charge in [0.25, 0.3) is 0 Å². The van der Waals surface area contributed by atoms with Crippen molar-refractivity contribution >= 4 is 0 Å². The lowest BCUT2D eigenvalue weighted by Gasteiger charge is -2.42. The topological polar surface area (TPSA) is 15.3 Å². The van der Waals surface area contributed by atoms with Crippen LogP contribution in [0.3, 0.4) is 0 Å². The van der Waals surface area contributed by atoms with Crippen molar-refractivity contribution in [2.45, 2.75) is 70.0 Å². The summed E-state index contributed by atoms with van der Waals surface area (Å²) in [5.74, 6) is 0. The first-order valence-electron chi connectivity index (χ1n) is 6.76. The molecule has 2 aliphatic carbocycles. The van der Waals surface area contributed by atoms with Gasteiger partial charge in [-0.15, -0.1) is 0 Å². The van der Waals surface area contributed by atoms with Gasteiger partial charge in [0.2, 0.25) is 0 Å². The second kappa shape index (κ2) is 5.31. The summed E-state index contributed by atoms with van der Waals surface area (Å²) in [5.41, 5.74) is 0. The van der Waals surface area contributed by atoms with Crippen LogP contribution in [0.15, 0.2) is 0 Å². The third kappa shape index (κ3) is 2.73. The van der Waals surface area contributed by atoms with Crippen molar-refractivity contribution in [3.8, 4) is 0 Å². The lowest BCUT2D eigenvalue weighted by atomic mass is 9.85. The normalized spacial score (nSPS) is 33.0. The van der Waals surface area contributed by atoms with Gasteiger partial charge in [0.1, 0.15) is 0 Å². The molecule has 2 aliphatic rings. The van der Waals surface area contributed by atoms with Gasteiger partial charge in [-0.05, 0) is 52.1 Å². The van der Waals surface area contributed by atoms with Gasteiger partial charge in [0.05, 0.1) is 0 Å². The number of rotatable bonds is 4. The van der Waals surface area contributed by atoms with Crippen LogP contribution in [0.2, 0.25) is 0 Å². The Balaban J connectivity index is 1.72. The molecule has 2 saturated carbocycles. The number of hydrogen-bond acceptors (Lipinski definition) is 2. The molecule has 0 aromatic carbocycles. The Morgan fingerprint density at radius 2 is 1.60 bits per heavy atom. The van der Waals surface area contributed by atoms with Gasteiger partial charge < -0.3 is 10.2 Å². The zero-order chi connectivity index (χ0) is 10.7. The maximum Gasteiger partial charge on any atom is 0.00963 e. The number of nitrogens with one attached hydrogen (secondary N) is 1. The SMILES string of the molecule is CCNC1CCC(N(C)C2CCC2)CC1. The zero-order valence-electron chi connectivity index (χ0n) is 10.3. The molecule has 1 N–H and O–H groups in total. The smallest absolute Gasteiger partial charge is 0.00963 e. The van der Waals surface area contributed by atoms with E-state index in [2.05, 4.69) is 24.2 Å². The second-order valence-corrected chi connectivity index (χ2v) is 5.31. The molecule has 0 aliphatic heterocycles. The predicted molar refractivity (Wildman–Crippen MR) is 65.1 cm³/mol. The van der Waals surface area contributed by atoms with Crippen LogP contribution in [0.4, 0.5) is 0 Å². The quantitative estimate of drug-likeness (QED) is 0.766. The standard InChI is InChI=1S/C13H26N2/c1-3-14-11-7-9-13(10-8-11)15(2)12-5-4-6-12/h11-14H,3-10H2,1-2H3. The first-order valence-corrected chi connectivity index (χ1v) is 6.76. The highest BCUT2D eigenvalue weighted by atomic mass is 15.2. The highest BCUT2D eigenvalue weighted by Crippen LogP contribution is 2.30. The van der Waals surface area contributed by atoms with Crippen LogP contribution in [0, 0.1) is 0 Å². The van der Waals surface area contributed by atoms with Gasteiger partial charge >= 0.3 is 0 Å². The molecule has 0 heterocycles. The van der Waals surface area contributed by atoms with Crippen molar-refractivity contribution in [1.82, 2.24) is 10.2 Å². The molecule has 2 rings (SSSR count). The van der Waals surface area contributed by atoms with Crippen molar-refractivity contribution in [3.05, 3.63) is 0 Å². The predicted octanol–water partition coefficient (Wildman–Crippen LogP) is 2.39. The van der Waals surface area contributed by atoms with Crippen molar-refractivity contribution in [2.24, 2.45) is 0 Å². The van der Waals surface area contributed by atoms with Gasteiger partial charge in [0, 0.05) is 18.1 Å². The maximum absolute atomic E-state index is 3.58. The van der Waals surface area contributed by atoms with Crippen LogP contribution in [-0.4, -0.2) is 36.6 Å². The van der Waals surface area contributed by atoms with E-state index in [1.165, 1.54) is 44.9 Å². The summed E-state index contributed by atoms with van der Waals surface area (Å²) >= 11 is 0. The summed E-state index contributed by atoms with van der Waals surface area (Å²) in [6, 6.07) is 2.61. The fourth-order valence-corrected chi connectivity index (χ4v) is 3.07. The lowest BCUT2D eigenvalue weighted by Crippen LogP contribution is -2.47. The van der Waals surface area contributed by atoms with E-state index >= 15 is 0 Å². The molecule has 15 heavy (non-hydrogen) atoms. The zero-order valence-corrected chi connectivity index (χ0v) is 10.3. The van der Waals surface area contributed by atoms with E-state index in [0.717, 1.165) is 24.7 Å². The highest BCUT2D eigenvalue weighted by Gasteiger charge is 2.30. The molecule has 0 aromatic rings. The van der Waals surface area contributed by atoms with Gasteiger partial charge in [-0.1, -0.05) is 13.3 Å². The molecule has 0 unspecified atom stereocenters. The Labute approximate surface area is 94.4 Å². The van der Waals surface area contributed by atoms with E-state index in [9.17, 15) is 0 Å².